The van der Waals surface area contributed by atoms with Crippen LogP contribution in [0.1, 0.15) is 39.2 Å². The number of hydrogen-bond donors (Lipinski definition) is 1. The highest BCUT2D eigenvalue weighted by Gasteiger charge is 2.20. The second-order valence-electron chi connectivity index (χ2n) is 5.85. The predicted molar refractivity (Wildman–Crippen MR) is 88.7 cm³/mol. The van der Waals surface area contributed by atoms with E-state index in [9.17, 15) is 0 Å². The van der Waals surface area contributed by atoms with Crippen molar-refractivity contribution in [1.82, 2.24) is 4.98 Å². The van der Waals surface area contributed by atoms with Gasteiger partial charge in [0.2, 0.25) is 0 Å². The summed E-state index contributed by atoms with van der Waals surface area (Å²) in [5.41, 5.74) is 3.63. The third kappa shape index (κ3) is 3.06. The van der Waals surface area contributed by atoms with Crippen LogP contribution in [0.25, 0.3) is 10.9 Å². The van der Waals surface area contributed by atoms with Crippen molar-refractivity contribution in [3.8, 4) is 0 Å². The smallest absolute Gasteiger partial charge is 0.0737 e. The highest BCUT2D eigenvalue weighted by molar-refractivity contribution is 6.31. The molecule has 108 valence electrons. The minimum Gasteiger partial charge on any atom is -0.384 e. The molecule has 0 saturated heterocycles. The first-order valence-electron chi connectivity index (χ1n) is 7.28. The summed E-state index contributed by atoms with van der Waals surface area (Å²) in [6.07, 6.45) is 4.25. The summed E-state index contributed by atoms with van der Waals surface area (Å²) >= 11 is 6.04. The van der Waals surface area contributed by atoms with Gasteiger partial charge in [-0.05, 0) is 48.9 Å². The van der Waals surface area contributed by atoms with Crippen molar-refractivity contribution < 1.29 is 0 Å². The van der Waals surface area contributed by atoms with Crippen molar-refractivity contribution in [2.24, 2.45) is 5.41 Å². The van der Waals surface area contributed by atoms with Crippen LogP contribution in [0, 0.1) is 12.3 Å². The maximum atomic E-state index is 6.04. The van der Waals surface area contributed by atoms with E-state index in [0.717, 1.165) is 22.5 Å². The Balaban J connectivity index is 2.36. The summed E-state index contributed by atoms with van der Waals surface area (Å²) in [6, 6.07) is 5.89. The molecule has 0 aliphatic carbocycles. The molecule has 0 aliphatic heterocycles. The zero-order chi connectivity index (χ0) is 14.8. The molecule has 0 radical (unpaired) electrons. The molecule has 1 aromatic carbocycles. The number of benzene rings is 1. The first-order chi connectivity index (χ1) is 9.49. The lowest BCUT2D eigenvalue weighted by Gasteiger charge is -2.28. The predicted octanol–water partition coefficient (Wildman–Crippen LogP) is 5.43. The molecule has 1 aromatic heterocycles. The molecule has 0 atom stereocenters. The van der Waals surface area contributed by atoms with Crippen LogP contribution in [0.5, 0.6) is 0 Å². The number of nitrogens with one attached hydrogen (secondary N) is 1. The number of rotatable bonds is 5. The van der Waals surface area contributed by atoms with Crippen LogP contribution in [-0.2, 0) is 0 Å². The van der Waals surface area contributed by atoms with E-state index in [1.54, 1.807) is 0 Å². The molecule has 0 aliphatic rings. The normalized spacial score (nSPS) is 11.8. The van der Waals surface area contributed by atoms with E-state index in [2.05, 4.69) is 44.1 Å². The summed E-state index contributed by atoms with van der Waals surface area (Å²) in [7, 11) is 0. The van der Waals surface area contributed by atoms with Crippen LogP contribution in [0.2, 0.25) is 5.02 Å². The molecular formula is C17H23ClN2. The van der Waals surface area contributed by atoms with Gasteiger partial charge in [-0.2, -0.15) is 0 Å². The summed E-state index contributed by atoms with van der Waals surface area (Å²) in [4.78, 5) is 4.46. The lowest BCUT2D eigenvalue weighted by atomic mass is 9.84. The second kappa shape index (κ2) is 6.01. The number of aromatic nitrogens is 1. The van der Waals surface area contributed by atoms with Gasteiger partial charge >= 0.3 is 0 Å². The van der Waals surface area contributed by atoms with E-state index in [-0.39, 0.29) is 0 Å². The van der Waals surface area contributed by atoms with Gasteiger partial charge in [0, 0.05) is 28.8 Å². The van der Waals surface area contributed by atoms with Gasteiger partial charge in [0.05, 0.1) is 5.52 Å². The summed E-state index contributed by atoms with van der Waals surface area (Å²) in [6.45, 7) is 9.90. The molecule has 0 bridgehead atoms. The van der Waals surface area contributed by atoms with Crippen molar-refractivity contribution in [2.45, 2.75) is 40.5 Å². The van der Waals surface area contributed by atoms with E-state index < -0.39 is 0 Å². The van der Waals surface area contributed by atoms with Crippen LogP contribution in [0.4, 0.5) is 5.69 Å². The Labute approximate surface area is 126 Å². The van der Waals surface area contributed by atoms with Gasteiger partial charge in [0.1, 0.15) is 0 Å². The molecule has 0 amide bonds. The van der Waals surface area contributed by atoms with Gasteiger partial charge in [0.15, 0.2) is 0 Å². The molecule has 3 heteroatoms. The van der Waals surface area contributed by atoms with Crippen LogP contribution in [0.3, 0.4) is 0 Å². The Hall–Kier alpha value is -1.28. The topological polar surface area (TPSA) is 24.9 Å². The fraction of sp³-hybridized carbons (Fsp3) is 0.471. The van der Waals surface area contributed by atoms with Crippen LogP contribution >= 0.6 is 11.6 Å². The molecule has 2 nitrogen and oxygen atoms in total. The number of halogens is 1. The lowest BCUT2D eigenvalue weighted by Crippen LogP contribution is -2.25. The quantitative estimate of drug-likeness (QED) is 0.793. The number of fused-ring (bicyclic) bond motifs is 1. The van der Waals surface area contributed by atoms with E-state index in [1.807, 2.05) is 18.3 Å². The lowest BCUT2D eigenvalue weighted by molar-refractivity contribution is 0.321. The van der Waals surface area contributed by atoms with Gasteiger partial charge in [0.25, 0.3) is 0 Å². The van der Waals surface area contributed by atoms with Crippen LogP contribution < -0.4 is 5.32 Å². The Morgan fingerprint density at radius 3 is 2.60 bits per heavy atom. The summed E-state index contributed by atoms with van der Waals surface area (Å²) in [5, 5.41) is 5.51. The number of anilines is 1. The van der Waals surface area contributed by atoms with Gasteiger partial charge in [-0.3, -0.25) is 4.98 Å². The largest absolute Gasteiger partial charge is 0.384 e. The first-order valence-corrected chi connectivity index (χ1v) is 7.65. The monoisotopic (exact) mass is 290 g/mol. The zero-order valence-corrected chi connectivity index (χ0v) is 13.5. The van der Waals surface area contributed by atoms with Crippen LogP contribution in [0.15, 0.2) is 24.4 Å². The molecular weight excluding hydrogens is 268 g/mol. The maximum absolute atomic E-state index is 6.04. The van der Waals surface area contributed by atoms with Crippen molar-refractivity contribution in [1.29, 1.82) is 0 Å². The molecule has 1 heterocycles. The summed E-state index contributed by atoms with van der Waals surface area (Å²) < 4.78 is 0. The average Bonchev–Trinajstić information content (AvgIpc) is 2.46. The maximum Gasteiger partial charge on any atom is 0.0737 e. The standard InChI is InChI=1S/C17H23ClN2/c1-5-17(4,6-2)11-20-16-12(3)10-19-15-9-13(18)7-8-14(15)16/h7-10H,5-6,11H2,1-4H3,(H,19,20). The zero-order valence-electron chi connectivity index (χ0n) is 12.8. The van der Waals surface area contributed by atoms with E-state index in [1.165, 1.54) is 24.1 Å². The number of hydrogen-bond acceptors (Lipinski definition) is 2. The van der Waals surface area contributed by atoms with Crippen molar-refractivity contribution in [3.63, 3.8) is 0 Å². The van der Waals surface area contributed by atoms with Gasteiger partial charge in [-0.1, -0.05) is 32.4 Å². The first kappa shape index (κ1) is 15.1. The SMILES string of the molecule is CCC(C)(CC)CNc1c(C)cnc2cc(Cl)ccc12. The minimum absolute atomic E-state index is 0.328. The highest BCUT2D eigenvalue weighted by Crippen LogP contribution is 2.30. The number of pyridine rings is 1. The van der Waals surface area contributed by atoms with Crippen molar-refractivity contribution in [2.75, 3.05) is 11.9 Å². The van der Waals surface area contributed by atoms with Crippen LogP contribution in [-0.4, -0.2) is 11.5 Å². The van der Waals surface area contributed by atoms with E-state index >= 15 is 0 Å². The Morgan fingerprint density at radius 2 is 1.95 bits per heavy atom. The molecule has 1 N–H and O–H groups in total. The second-order valence-corrected chi connectivity index (χ2v) is 6.29. The fourth-order valence-electron chi connectivity index (χ4n) is 2.30. The fourth-order valence-corrected chi connectivity index (χ4v) is 2.47. The minimum atomic E-state index is 0.328. The molecule has 0 unspecified atom stereocenters. The van der Waals surface area contributed by atoms with Crippen molar-refractivity contribution >= 4 is 28.2 Å². The third-order valence-electron chi connectivity index (χ3n) is 4.42. The Morgan fingerprint density at radius 1 is 1.25 bits per heavy atom. The highest BCUT2D eigenvalue weighted by atomic mass is 35.5. The molecule has 2 aromatic rings. The van der Waals surface area contributed by atoms with Gasteiger partial charge in [-0.15, -0.1) is 0 Å². The van der Waals surface area contributed by atoms with Crippen molar-refractivity contribution in [3.05, 3.63) is 35.0 Å². The Bertz CT molecular complexity index is 603. The summed E-state index contributed by atoms with van der Waals surface area (Å²) in [5.74, 6) is 0. The van der Waals surface area contributed by atoms with E-state index in [0.29, 0.717) is 5.41 Å². The van der Waals surface area contributed by atoms with E-state index in [4.69, 9.17) is 11.6 Å². The molecule has 20 heavy (non-hydrogen) atoms. The van der Waals surface area contributed by atoms with Gasteiger partial charge < -0.3 is 5.32 Å². The third-order valence-corrected chi connectivity index (χ3v) is 4.65. The molecule has 2 rings (SSSR count). The Kier molecular flexibility index (Phi) is 4.54. The molecule has 0 saturated carbocycles. The molecule has 0 spiro atoms. The average molecular weight is 291 g/mol. The number of aryl methyl sites for hydroxylation is 1. The number of nitrogens with zero attached hydrogens (tertiary/aromatic N) is 1. The van der Waals surface area contributed by atoms with Gasteiger partial charge in [-0.25, -0.2) is 0 Å². The molecule has 0 fully saturated rings.